The summed E-state index contributed by atoms with van der Waals surface area (Å²) in [5.74, 6) is 0. The third-order valence-corrected chi connectivity index (χ3v) is 5.87. The maximum absolute atomic E-state index is 12.9. The Kier molecular flexibility index (Phi) is 3.20. The molecule has 23 heavy (non-hydrogen) atoms. The van der Waals surface area contributed by atoms with Crippen LogP contribution in [0.15, 0.2) is 71.9 Å². The zero-order chi connectivity index (χ0) is 15.9. The average Bonchev–Trinajstić information content (AvgIpc) is 3.25. The van der Waals surface area contributed by atoms with Gasteiger partial charge in [0.2, 0.25) is 0 Å². The van der Waals surface area contributed by atoms with Crippen LogP contribution in [0.25, 0.3) is 5.69 Å². The summed E-state index contributed by atoms with van der Waals surface area (Å²) in [4.78, 5) is 0.296. The van der Waals surface area contributed by atoms with E-state index < -0.39 is 10.0 Å². The molecule has 1 aliphatic rings. The van der Waals surface area contributed by atoms with Crippen molar-refractivity contribution in [1.82, 2.24) is 9.78 Å². The molecule has 0 amide bonds. The van der Waals surface area contributed by atoms with E-state index in [9.17, 15) is 8.42 Å². The van der Waals surface area contributed by atoms with Gasteiger partial charge in [-0.05, 0) is 48.4 Å². The van der Waals surface area contributed by atoms with E-state index >= 15 is 0 Å². The van der Waals surface area contributed by atoms with Crippen LogP contribution in [0.5, 0.6) is 0 Å². The van der Waals surface area contributed by atoms with Crippen LogP contribution in [0.1, 0.15) is 5.56 Å². The first-order valence-electron chi connectivity index (χ1n) is 7.37. The molecule has 4 rings (SSSR count). The van der Waals surface area contributed by atoms with Crippen molar-refractivity contribution < 1.29 is 8.42 Å². The summed E-state index contributed by atoms with van der Waals surface area (Å²) in [5.41, 5.74) is 2.68. The number of benzene rings is 2. The van der Waals surface area contributed by atoms with E-state index in [4.69, 9.17) is 0 Å². The highest BCUT2D eigenvalue weighted by atomic mass is 32.2. The molecule has 0 unspecified atom stereocenters. The van der Waals surface area contributed by atoms with E-state index in [1.807, 2.05) is 36.5 Å². The van der Waals surface area contributed by atoms with Crippen LogP contribution in [-0.4, -0.2) is 24.7 Å². The summed E-state index contributed by atoms with van der Waals surface area (Å²) < 4.78 is 29.0. The van der Waals surface area contributed by atoms with Crippen LogP contribution < -0.4 is 4.31 Å². The topological polar surface area (TPSA) is 55.2 Å². The number of fused-ring (bicyclic) bond motifs is 1. The van der Waals surface area contributed by atoms with Gasteiger partial charge in [0, 0.05) is 18.9 Å². The Hall–Kier alpha value is -2.60. The Bertz CT molecular complexity index is 932. The first-order chi connectivity index (χ1) is 11.2. The van der Waals surface area contributed by atoms with Gasteiger partial charge in [0.15, 0.2) is 0 Å². The smallest absolute Gasteiger partial charge is 0.264 e. The van der Waals surface area contributed by atoms with Gasteiger partial charge in [-0.15, -0.1) is 0 Å². The Morgan fingerprint density at radius 2 is 1.74 bits per heavy atom. The Labute approximate surface area is 134 Å². The third kappa shape index (κ3) is 2.31. The van der Waals surface area contributed by atoms with Gasteiger partial charge in [0.05, 0.1) is 16.3 Å². The van der Waals surface area contributed by atoms with Crippen molar-refractivity contribution >= 4 is 15.7 Å². The zero-order valence-electron chi connectivity index (χ0n) is 12.3. The fraction of sp³-hybridized carbons (Fsp3) is 0.118. The molecule has 0 bridgehead atoms. The highest BCUT2D eigenvalue weighted by Crippen LogP contribution is 2.32. The quantitative estimate of drug-likeness (QED) is 0.744. The molecule has 0 aliphatic carbocycles. The Morgan fingerprint density at radius 3 is 2.48 bits per heavy atom. The summed E-state index contributed by atoms with van der Waals surface area (Å²) in [7, 11) is -3.53. The average molecular weight is 325 g/mol. The molecule has 0 atom stereocenters. The fourth-order valence-electron chi connectivity index (χ4n) is 2.88. The largest absolute Gasteiger partial charge is 0.266 e. The zero-order valence-corrected chi connectivity index (χ0v) is 13.1. The second-order valence-corrected chi connectivity index (χ2v) is 7.26. The number of aromatic nitrogens is 2. The SMILES string of the molecule is O=S(=O)(c1ccc(-n2cccn2)cc1)N1CCc2ccccc21. The lowest BCUT2D eigenvalue weighted by molar-refractivity contribution is 0.592. The van der Waals surface area contributed by atoms with Crippen LogP contribution in [-0.2, 0) is 16.4 Å². The van der Waals surface area contributed by atoms with E-state index in [1.54, 1.807) is 35.1 Å². The molecule has 2 heterocycles. The Morgan fingerprint density at radius 1 is 0.957 bits per heavy atom. The van der Waals surface area contributed by atoms with Crippen molar-refractivity contribution in [3.63, 3.8) is 0 Å². The number of para-hydroxylation sites is 1. The minimum Gasteiger partial charge on any atom is -0.266 e. The van der Waals surface area contributed by atoms with Gasteiger partial charge in [0.25, 0.3) is 10.0 Å². The molecule has 0 N–H and O–H groups in total. The summed E-state index contributed by atoms with van der Waals surface area (Å²) in [6.45, 7) is 0.489. The van der Waals surface area contributed by atoms with Crippen molar-refractivity contribution in [3.8, 4) is 5.69 Å². The number of hydrogen-bond acceptors (Lipinski definition) is 3. The fourth-order valence-corrected chi connectivity index (χ4v) is 4.38. The van der Waals surface area contributed by atoms with E-state index in [-0.39, 0.29) is 0 Å². The molecule has 0 radical (unpaired) electrons. The molecule has 0 saturated heterocycles. The molecule has 2 aromatic carbocycles. The number of hydrogen-bond donors (Lipinski definition) is 0. The summed E-state index contributed by atoms with van der Waals surface area (Å²) in [6, 6.07) is 16.3. The van der Waals surface area contributed by atoms with Gasteiger partial charge in [0.1, 0.15) is 0 Å². The first-order valence-corrected chi connectivity index (χ1v) is 8.81. The number of rotatable bonds is 3. The van der Waals surface area contributed by atoms with Gasteiger partial charge in [-0.2, -0.15) is 5.10 Å². The van der Waals surface area contributed by atoms with Gasteiger partial charge >= 0.3 is 0 Å². The molecular formula is C17H15N3O2S. The number of nitrogens with zero attached hydrogens (tertiary/aromatic N) is 3. The lowest BCUT2D eigenvalue weighted by Crippen LogP contribution is -2.29. The molecular weight excluding hydrogens is 310 g/mol. The molecule has 1 aromatic heterocycles. The van der Waals surface area contributed by atoms with Crippen LogP contribution >= 0.6 is 0 Å². The second kappa shape index (κ2) is 5.24. The Balaban J connectivity index is 1.70. The van der Waals surface area contributed by atoms with Crippen LogP contribution in [0.3, 0.4) is 0 Å². The molecule has 0 spiro atoms. The lowest BCUT2D eigenvalue weighted by Gasteiger charge is -2.19. The van der Waals surface area contributed by atoms with Gasteiger partial charge < -0.3 is 0 Å². The van der Waals surface area contributed by atoms with E-state index in [0.717, 1.165) is 23.4 Å². The summed E-state index contributed by atoms with van der Waals surface area (Å²) >= 11 is 0. The minimum atomic E-state index is -3.53. The van der Waals surface area contributed by atoms with Crippen LogP contribution in [0.4, 0.5) is 5.69 Å². The van der Waals surface area contributed by atoms with Crippen molar-refractivity contribution in [3.05, 3.63) is 72.6 Å². The summed E-state index contributed by atoms with van der Waals surface area (Å²) in [6.07, 6.45) is 4.26. The highest BCUT2D eigenvalue weighted by molar-refractivity contribution is 7.92. The van der Waals surface area contributed by atoms with E-state index in [2.05, 4.69) is 5.10 Å². The van der Waals surface area contributed by atoms with Crippen molar-refractivity contribution in [2.24, 2.45) is 0 Å². The lowest BCUT2D eigenvalue weighted by atomic mass is 10.2. The predicted octanol–water partition coefficient (Wildman–Crippen LogP) is 2.62. The van der Waals surface area contributed by atoms with Gasteiger partial charge in [-0.25, -0.2) is 13.1 Å². The second-order valence-electron chi connectivity index (χ2n) is 5.40. The van der Waals surface area contributed by atoms with E-state index in [1.165, 1.54) is 4.31 Å². The number of anilines is 1. The molecule has 1 aliphatic heterocycles. The van der Waals surface area contributed by atoms with Gasteiger partial charge in [-0.3, -0.25) is 4.31 Å². The molecule has 116 valence electrons. The maximum Gasteiger partial charge on any atom is 0.264 e. The van der Waals surface area contributed by atoms with E-state index in [0.29, 0.717) is 11.4 Å². The molecule has 0 saturated carbocycles. The van der Waals surface area contributed by atoms with Crippen molar-refractivity contribution in [2.45, 2.75) is 11.3 Å². The highest BCUT2D eigenvalue weighted by Gasteiger charge is 2.30. The predicted molar refractivity (Wildman–Crippen MR) is 88.2 cm³/mol. The monoisotopic (exact) mass is 325 g/mol. The molecule has 0 fully saturated rings. The molecule has 6 heteroatoms. The van der Waals surface area contributed by atoms with Crippen LogP contribution in [0, 0.1) is 0 Å². The third-order valence-electron chi connectivity index (χ3n) is 4.04. The first kappa shape index (κ1) is 14.0. The minimum absolute atomic E-state index is 0.296. The van der Waals surface area contributed by atoms with Crippen LogP contribution in [0.2, 0.25) is 0 Å². The molecule has 3 aromatic rings. The number of sulfonamides is 1. The van der Waals surface area contributed by atoms with Crippen molar-refractivity contribution in [1.29, 1.82) is 0 Å². The summed E-state index contributed by atoms with van der Waals surface area (Å²) in [5, 5.41) is 4.14. The molecule has 5 nitrogen and oxygen atoms in total. The van der Waals surface area contributed by atoms with Crippen molar-refractivity contribution in [2.75, 3.05) is 10.8 Å². The maximum atomic E-state index is 12.9. The standard InChI is InChI=1S/C17H15N3O2S/c21-23(22,20-13-10-14-4-1-2-5-17(14)20)16-8-6-15(7-9-16)19-12-3-11-18-19/h1-9,11-12H,10,13H2. The normalized spacial score (nSPS) is 14.0. The van der Waals surface area contributed by atoms with Gasteiger partial charge in [-0.1, -0.05) is 18.2 Å².